The van der Waals surface area contributed by atoms with Crippen LogP contribution < -0.4 is 4.57 Å². The van der Waals surface area contributed by atoms with Crippen LogP contribution in [-0.2, 0) is 7.05 Å². The summed E-state index contributed by atoms with van der Waals surface area (Å²) in [5, 5.41) is 12.3. The number of hydrogen-bond acceptors (Lipinski definition) is 2. The van der Waals surface area contributed by atoms with Gasteiger partial charge < -0.3 is 4.42 Å². The molecule has 5 aromatic rings. The molecule has 0 bridgehead atoms. The lowest BCUT2D eigenvalue weighted by atomic mass is 9.68. The van der Waals surface area contributed by atoms with Gasteiger partial charge in [0.1, 0.15) is 18.2 Å². The summed E-state index contributed by atoms with van der Waals surface area (Å²) in [6.45, 7) is 11.5. The molecule has 1 aliphatic rings. The van der Waals surface area contributed by atoms with Crippen molar-refractivity contribution < 1.29 is 8.98 Å². The Morgan fingerprint density at radius 1 is 0.825 bits per heavy atom. The third kappa shape index (κ3) is 4.40. The molecule has 1 fully saturated rings. The van der Waals surface area contributed by atoms with Gasteiger partial charge in [-0.2, -0.15) is 5.26 Å². The molecule has 0 aliphatic heterocycles. The van der Waals surface area contributed by atoms with Gasteiger partial charge in [-0.05, 0) is 97.2 Å². The number of benzene rings is 3. The van der Waals surface area contributed by atoms with Crippen LogP contribution in [0.25, 0.3) is 44.3 Å². The quantitative estimate of drug-likeness (QED) is 0.219. The maximum atomic E-state index is 10.2. The zero-order valence-corrected chi connectivity index (χ0v) is 24.6. The molecule has 3 heteroatoms. The molecule has 3 aromatic carbocycles. The van der Waals surface area contributed by atoms with Gasteiger partial charge in [0.2, 0.25) is 5.69 Å². The van der Waals surface area contributed by atoms with E-state index in [1.54, 1.807) is 0 Å². The van der Waals surface area contributed by atoms with Gasteiger partial charge in [0.05, 0.1) is 17.2 Å². The van der Waals surface area contributed by atoms with E-state index in [0.29, 0.717) is 16.9 Å². The van der Waals surface area contributed by atoms with E-state index < -0.39 is 0 Å². The molecular formula is C37H39N2O+. The average Bonchev–Trinajstić information content (AvgIpc) is 3.31. The van der Waals surface area contributed by atoms with Gasteiger partial charge in [-0.1, -0.05) is 51.1 Å². The molecule has 0 radical (unpaired) electrons. The number of aromatic nitrogens is 1. The predicted molar refractivity (Wildman–Crippen MR) is 164 cm³/mol. The summed E-state index contributed by atoms with van der Waals surface area (Å²) in [6, 6.07) is 23.9. The monoisotopic (exact) mass is 527 g/mol. The number of hydrogen-bond donors (Lipinski definition) is 0. The fraction of sp³-hybridized carbons (Fsp3) is 0.351. The predicted octanol–water partition coefficient (Wildman–Crippen LogP) is 9.55. The minimum absolute atomic E-state index is 0.389. The Bertz CT molecular complexity index is 1790. The third-order valence-corrected chi connectivity index (χ3v) is 9.39. The lowest BCUT2D eigenvalue weighted by molar-refractivity contribution is -0.660. The van der Waals surface area contributed by atoms with E-state index in [-0.39, 0.29) is 0 Å². The zero-order chi connectivity index (χ0) is 28.2. The summed E-state index contributed by atoms with van der Waals surface area (Å²) in [5.74, 6) is 1.42. The first-order valence-electron chi connectivity index (χ1n) is 14.6. The second-order valence-corrected chi connectivity index (χ2v) is 12.9. The molecule has 2 heterocycles. The SMILES string of the molecule is Cc1cc(C2CCC(C(C)(C)C)CC2)ccc1-c1c(C#N)ccc2c1oc1c(-c3cccc[n+]3C)c(C)ccc12. The van der Waals surface area contributed by atoms with Crippen LogP contribution in [-0.4, -0.2) is 0 Å². The standard InChI is InChI=1S/C37H39N2O/c1-23-10-17-30-31-19-14-27(22-38)34(36(31)40-35(30)33(23)32-9-7-8-20-39(32)6)29-18-13-26(21-24(29)2)25-11-15-28(16-12-25)37(3,4)5/h7-10,13-14,17-21,25,28H,11-12,15-16H2,1-6H3/q+1. The van der Waals surface area contributed by atoms with Gasteiger partial charge in [-0.15, -0.1) is 0 Å². The highest BCUT2D eigenvalue weighted by atomic mass is 16.3. The molecule has 0 saturated heterocycles. The first-order valence-corrected chi connectivity index (χ1v) is 14.6. The summed E-state index contributed by atoms with van der Waals surface area (Å²) in [6.07, 6.45) is 7.17. The van der Waals surface area contributed by atoms with E-state index in [4.69, 9.17) is 4.42 Å². The number of furan rings is 1. The molecule has 2 aromatic heterocycles. The number of pyridine rings is 1. The summed E-state index contributed by atoms with van der Waals surface area (Å²) in [7, 11) is 2.07. The van der Waals surface area contributed by atoms with Crippen molar-refractivity contribution in [3.63, 3.8) is 0 Å². The fourth-order valence-electron chi connectivity index (χ4n) is 6.98. The Hall–Kier alpha value is -3.90. The van der Waals surface area contributed by atoms with Crippen LogP contribution in [0, 0.1) is 36.5 Å². The Kier molecular flexibility index (Phi) is 6.54. The molecule has 0 atom stereocenters. The van der Waals surface area contributed by atoms with Gasteiger partial charge in [-0.3, -0.25) is 0 Å². The minimum atomic E-state index is 0.389. The molecule has 3 nitrogen and oxygen atoms in total. The largest absolute Gasteiger partial charge is 0.454 e. The Morgan fingerprint density at radius 2 is 1.52 bits per heavy atom. The number of rotatable bonds is 3. The van der Waals surface area contributed by atoms with Crippen LogP contribution in [0.5, 0.6) is 0 Å². The van der Waals surface area contributed by atoms with Gasteiger partial charge in [-0.25, -0.2) is 4.57 Å². The van der Waals surface area contributed by atoms with Gasteiger partial charge >= 0.3 is 0 Å². The zero-order valence-electron chi connectivity index (χ0n) is 24.6. The average molecular weight is 528 g/mol. The third-order valence-electron chi connectivity index (χ3n) is 9.39. The minimum Gasteiger partial charge on any atom is -0.454 e. The number of nitrogens with zero attached hydrogens (tertiary/aromatic N) is 2. The van der Waals surface area contributed by atoms with E-state index in [9.17, 15) is 5.26 Å². The lowest BCUT2D eigenvalue weighted by Gasteiger charge is -2.37. The highest BCUT2D eigenvalue weighted by Crippen LogP contribution is 2.45. The molecule has 0 amide bonds. The normalized spacial score (nSPS) is 17.8. The van der Waals surface area contributed by atoms with Gasteiger partial charge in [0.15, 0.2) is 6.20 Å². The van der Waals surface area contributed by atoms with E-state index in [2.05, 4.69) is 101 Å². The Labute approximate surface area is 238 Å². The van der Waals surface area contributed by atoms with Crippen molar-refractivity contribution in [2.24, 2.45) is 18.4 Å². The van der Waals surface area contributed by atoms with E-state index >= 15 is 0 Å². The second-order valence-electron chi connectivity index (χ2n) is 12.9. The van der Waals surface area contributed by atoms with Crippen molar-refractivity contribution >= 4 is 21.9 Å². The Balaban J connectivity index is 1.48. The van der Waals surface area contributed by atoms with E-state index in [0.717, 1.165) is 55.8 Å². The smallest absolute Gasteiger partial charge is 0.216 e. The molecule has 40 heavy (non-hydrogen) atoms. The van der Waals surface area contributed by atoms with Crippen molar-refractivity contribution in [1.29, 1.82) is 5.26 Å². The van der Waals surface area contributed by atoms with Crippen LogP contribution in [0.4, 0.5) is 0 Å². The highest BCUT2D eigenvalue weighted by molar-refractivity contribution is 6.14. The van der Waals surface area contributed by atoms with Crippen LogP contribution in [0.15, 0.2) is 71.3 Å². The first kappa shape index (κ1) is 26.3. The fourth-order valence-corrected chi connectivity index (χ4v) is 6.98. The molecule has 0 spiro atoms. The molecule has 6 rings (SSSR count). The van der Waals surface area contributed by atoms with Crippen LogP contribution in [0.1, 0.15) is 74.6 Å². The van der Waals surface area contributed by atoms with Crippen LogP contribution in [0.3, 0.4) is 0 Å². The molecule has 0 unspecified atom stereocenters. The number of nitriles is 1. The van der Waals surface area contributed by atoms with Crippen molar-refractivity contribution in [2.75, 3.05) is 0 Å². The molecule has 1 aliphatic carbocycles. The van der Waals surface area contributed by atoms with Gasteiger partial charge in [0.25, 0.3) is 0 Å². The first-order chi connectivity index (χ1) is 19.2. The summed E-state index contributed by atoms with van der Waals surface area (Å²) in [4.78, 5) is 0. The second kappa shape index (κ2) is 9.93. The number of aryl methyl sites for hydroxylation is 3. The van der Waals surface area contributed by atoms with Crippen LogP contribution in [0.2, 0.25) is 0 Å². The molecule has 202 valence electrons. The van der Waals surface area contributed by atoms with Crippen molar-refractivity contribution in [2.45, 2.75) is 66.2 Å². The van der Waals surface area contributed by atoms with Crippen molar-refractivity contribution in [3.8, 4) is 28.5 Å². The highest BCUT2D eigenvalue weighted by Gasteiger charge is 2.30. The topological polar surface area (TPSA) is 40.8 Å². The summed E-state index contributed by atoms with van der Waals surface area (Å²) >= 11 is 0. The summed E-state index contributed by atoms with van der Waals surface area (Å²) in [5.41, 5.74) is 10.7. The lowest BCUT2D eigenvalue weighted by Crippen LogP contribution is -2.30. The van der Waals surface area contributed by atoms with Crippen LogP contribution >= 0.6 is 0 Å². The number of fused-ring (bicyclic) bond motifs is 3. The van der Waals surface area contributed by atoms with E-state index in [1.807, 2.05) is 18.2 Å². The molecular weight excluding hydrogens is 488 g/mol. The summed E-state index contributed by atoms with van der Waals surface area (Å²) < 4.78 is 8.92. The molecule has 0 N–H and O–H groups in total. The van der Waals surface area contributed by atoms with Crippen molar-refractivity contribution in [3.05, 3.63) is 89.1 Å². The van der Waals surface area contributed by atoms with Crippen molar-refractivity contribution in [1.82, 2.24) is 0 Å². The maximum Gasteiger partial charge on any atom is 0.216 e. The van der Waals surface area contributed by atoms with E-state index in [1.165, 1.54) is 36.8 Å². The molecule has 1 saturated carbocycles. The maximum absolute atomic E-state index is 10.2. The van der Waals surface area contributed by atoms with Gasteiger partial charge in [0, 0.05) is 28.5 Å². The Morgan fingerprint density at radius 3 is 2.17 bits per heavy atom.